The molecule has 2 aromatic carbocycles. The average molecular weight is 316 g/mol. The van der Waals surface area contributed by atoms with Crippen molar-refractivity contribution in [3.05, 3.63) is 65.5 Å². The van der Waals surface area contributed by atoms with Crippen molar-refractivity contribution in [3.63, 3.8) is 0 Å². The summed E-state index contributed by atoms with van der Waals surface area (Å²) in [6.07, 6.45) is 1.37. The predicted molar refractivity (Wildman–Crippen MR) is 86.0 cm³/mol. The fourth-order valence-electron chi connectivity index (χ4n) is 2.99. The van der Waals surface area contributed by atoms with Crippen LogP contribution in [0.15, 0.2) is 48.5 Å². The van der Waals surface area contributed by atoms with Crippen molar-refractivity contribution < 1.29 is 19.0 Å². The van der Waals surface area contributed by atoms with E-state index in [0.717, 1.165) is 11.1 Å². The Bertz CT molecular complexity index is 636. The van der Waals surface area contributed by atoms with Crippen LogP contribution in [-0.2, 0) is 16.8 Å². The lowest BCUT2D eigenvalue weighted by Gasteiger charge is -2.36. The van der Waals surface area contributed by atoms with Gasteiger partial charge in [-0.05, 0) is 36.1 Å². The van der Waals surface area contributed by atoms with Crippen molar-refractivity contribution in [3.8, 4) is 5.75 Å². The highest BCUT2D eigenvalue weighted by molar-refractivity contribution is 5.35. The molecule has 3 rings (SSSR count). The van der Waals surface area contributed by atoms with Gasteiger partial charge in [0.05, 0.1) is 6.61 Å². The second-order valence-electron chi connectivity index (χ2n) is 6.00. The van der Waals surface area contributed by atoms with Gasteiger partial charge in [-0.3, -0.25) is 0 Å². The average Bonchev–Trinajstić information content (AvgIpc) is 2.61. The monoisotopic (exact) mass is 316 g/mol. The summed E-state index contributed by atoms with van der Waals surface area (Å²) >= 11 is 0. The molecule has 4 heteroatoms. The molecular formula is C19H21FO3. The normalized spacial score (nSPS) is 17.0. The van der Waals surface area contributed by atoms with E-state index < -0.39 is 5.41 Å². The highest BCUT2D eigenvalue weighted by atomic mass is 19.1. The zero-order chi connectivity index (χ0) is 16.1. The third kappa shape index (κ3) is 3.71. The summed E-state index contributed by atoms with van der Waals surface area (Å²) in [4.78, 5) is 0. The number of halogens is 1. The van der Waals surface area contributed by atoms with E-state index in [9.17, 15) is 9.50 Å². The molecule has 1 aliphatic heterocycles. The first kappa shape index (κ1) is 16.0. The maximum absolute atomic E-state index is 14.0. The van der Waals surface area contributed by atoms with Gasteiger partial charge in [-0.2, -0.15) is 0 Å². The minimum atomic E-state index is -0.439. The first-order chi connectivity index (χ1) is 11.2. The summed E-state index contributed by atoms with van der Waals surface area (Å²) in [7, 11) is 0. The van der Waals surface area contributed by atoms with E-state index in [2.05, 4.69) is 0 Å². The number of hydrogen-bond acceptors (Lipinski definition) is 3. The maximum Gasteiger partial charge on any atom is 0.127 e. The molecule has 3 nitrogen and oxygen atoms in total. The Morgan fingerprint density at radius 2 is 1.83 bits per heavy atom. The molecule has 0 atom stereocenters. The quantitative estimate of drug-likeness (QED) is 0.918. The van der Waals surface area contributed by atoms with Gasteiger partial charge in [-0.15, -0.1) is 0 Å². The molecule has 0 aliphatic carbocycles. The van der Waals surface area contributed by atoms with Crippen molar-refractivity contribution in [2.24, 2.45) is 0 Å². The van der Waals surface area contributed by atoms with Crippen LogP contribution in [0.3, 0.4) is 0 Å². The van der Waals surface area contributed by atoms with E-state index >= 15 is 0 Å². The van der Waals surface area contributed by atoms with Crippen LogP contribution in [-0.4, -0.2) is 24.9 Å². The first-order valence-corrected chi connectivity index (χ1v) is 7.88. The van der Waals surface area contributed by atoms with Gasteiger partial charge in [-0.1, -0.05) is 30.3 Å². The van der Waals surface area contributed by atoms with Crippen LogP contribution in [0.4, 0.5) is 4.39 Å². The van der Waals surface area contributed by atoms with Gasteiger partial charge in [0, 0.05) is 24.7 Å². The molecule has 2 aromatic rings. The van der Waals surface area contributed by atoms with Gasteiger partial charge < -0.3 is 14.6 Å². The second kappa shape index (κ2) is 7.11. The Morgan fingerprint density at radius 1 is 1.09 bits per heavy atom. The summed E-state index contributed by atoms with van der Waals surface area (Å²) in [5.74, 6) is 0.146. The van der Waals surface area contributed by atoms with Gasteiger partial charge in [0.2, 0.25) is 0 Å². The minimum absolute atomic E-state index is 0.0159. The van der Waals surface area contributed by atoms with E-state index in [1.54, 1.807) is 0 Å². The van der Waals surface area contributed by atoms with Gasteiger partial charge in [0.1, 0.15) is 18.2 Å². The summed E-state index contributed by atoms with van der Waals surface area (Å²) in [5.41, 5.74) is 1.37. The fourth-order valence-corrected chi connectivity index (χ4v) is 2.99. The number of aliphatic hydroxyl groups excluding tert-OH is 1. The molecule has 0 amide bonds. The zero-order valence-corrected chi connectivity index (χ0v) is 13.0. The van der Waals surface area contributed by atoms with E-state index in [4.69, 9.17) is 9.47 Å². The number of aliphatic hydroxyl groups is 1. The van der Waals surface area contributed by atoms with Crippen molar-refractivity contribution >= 4 is 0 Å². The Morgan fingerprint density at radius 3 is 2.52 bits per heavy atom. The molecule has 0 bridgehead atoms. The number of benzene rings is 2. The van der Waals surface area contributed by atoms with Crippen LogP contribution in [0.25, 0.3) is 0 Å². The summed E-state index contributed by atoms with van der Waals surface area (Å²) in [6.45, 7) is 1.53. The van der Waals surface area contributed by atoms with Crippen LogP contribution < -0.4 is 4.74 Å². The van der Waals surface area contributed by atoms with Gasteiger partial charge in [-0.25, -0.2) is 4.39 Å². The molecule has 1 heterocycles. The van der Waals surface area contributed by atoms with Crippen molar-refractivity contribution in [2.75, 3.05) is 19.8 Å². The Kier molecular flexibility index (Phi) is 4.94. The van der Waals surface area contributed by atoms with Crippen molar-refractivity contribution in [1.29, 1.82) is 0 Å². The van der Waals surface area contributed by atoms with Crippen LogP contribution in [0.1, 0.15) is 24.0 Å². The molecule has 1 fully saturated rings. The van der Waals surface area contributed by atoms with Gasteiger partial charge in [0.15, 0.2) is 0 Å². The van der Waals surface area contributed by atoms with Crippen LogP contribution in [0.2, 0.25) is 0 Å². The maximum atomic E-state index is 14.0. The fraction of sp³-hybridized carbons (Fsp3) is 0.368. The standard InChI is InChI=1S/C19H21FO3/c20-17-10-16(19(14-21)6-8-22-9-7-19)11-18(12-17)23-13-15-4-2-1-3-5-15/h1-5,10-12,21H,6-9,13-14H2. The van der Waals surface area contributed by atoms with Crippen LogP contribution in [0, 0.1) is 5.82 Å². The Hall–Kier alpha value is -1.91. The SMILES string of the molecule is OCC1(c2cc(F)cc(OCc3ccccc3)c2)CCOCC1. The third-order valence-corrected chi connectivity index (χ3v) is 4.48. The summed E-state index contributed by atoms with van der Waals surface area (Å²) in [5, 5.41) is 9.87. The number of ether oxygens (including phenoxy) is 2. The zero-order valence-electron chi connectivity index (χ0n) is 13.0. The molecule has 0 aromatic heterocycles. The number of hydrogen-bond donors (Lipinski definition) is 1. The topological polar surface area (TPSA) is 38.7 Å². The van der Waals surface area contributed by atoms with Gasteiger partial charge >= 0.3 is 0 Å². The lowest BCUT2D eigenvalue weighted by atomic mass is 9.75. The molecule has 0 spiro atoms. The smallest absolute Gasteiger partial charge is 0.127 e. The predicted octanol–water partition coefficient (Wildman–Crippen LogP) is 3.45. The molecule has 1 aliphatic rings. The molecule has 1 N–H and O–H groups in total. The lowest BCUT2D eigenvalue weighted by Crippen LogP contribution is -2.37. The molecule has 1 saturated heterocycles. The molecule has 23 heavy (non-hydrogen) atoms. The molecule has 0 unspecified atom stereocenters. The van der Waals surface area contributed by atoms with Crippen molar-refractivity contribution in [1.82, 2.24) is 0 Å². The summed E-state index contributed by atoms with van der Waals surface area (Å²) in [6, 6.07) is 14.5. The highest BCUT2D eigenvalue weighted by Crippen LogP contribution is 2.36. The Balaban J connectivity index is 1.81. The van der Waals surface area contributed by atoms with Crippen LogP contribution in [0.5, 0.6) is 5.75 Å². The number of rotatable bonds is 5. The highest BCUT2D eigenvalue weighted by Gasteiger charge is 2.34. The van der Waals surface area contributed by atoms with E-state index in [1.165, 1.54) is 12.1 Å². The molecule has 122 valence electrons. The van der Waals surface area contributed by atoms with E-state index in [1.807, 2.05) is 36.4 Å². The van der Waals surface area contributed by atoms with E-state index in [0.29, 0.717) is 38.4 Å². The largest absolute Gasteiger partial charge is 0.489 e. The van der Waals surface area contributed by atoms with Crippen LogP contribution >= 0.6 is 0 Å². The second-order valence-corrected chi connectivity index (χ2v) is 6.00. The minimum Gasteiger partial charge on any atom is -0.489 e. The lowest BCUT2D eigenvalue weighted by molar-refractivity contribution is 0.0251. The van der Waals surface area contributed by atoms with Gasteiger partial charge in [0.25, 0.3) is 0 Å². The first-order valence-electron chi connectivity index (χ1n) is 7.88. The molecular weight excluding hydrogens is 295 g/mol. The third-order valence-electron chi connectivity index (χ3n) is 4.48. The van der Waals surface area contributed by atoms with Crippen molar-refractivity contribution in [2.45, 2.75) is 24.9 Å². The van der Waals surface area contributed by atoms with E-state index in [-0.39, 0.29) is 12.4 Å². The Labute approximate surface area is 135 Å². The molecule has 0 radical (unpaired) electrons. The molecule has 0 saturated carbocycles. The summed E-state index contributed by atoms with van der Waals surface area (Å²) < 4.78 is 25.1.